The summed E-state index contributed by atoms with van der Waals surface area (Å²) >= 11 is 1.90. The molecular formula is C14H22N2S. The summed E-state index contributed by atoms with van der Waals surface area (Å²) in [6.45, 7) is 3.00. The van der Waals surface area contributed by atoms with Gasteiger partial charge in [-0.2, -0.15) is 0 Å². The number of hydrogen-bond donors (Lipinski definition) is 2. The molecule has 2 nitrogen and oxygen atoms in total. The summed E-state index contributed by atoms with van der Waals surface area (Å²) < 4.78 is 0. The summed E-state index contributed by atoms with van der Waals surface area (Å²) in [7, 11) is 0. The first-order chi connectivity index (χ1) is 8.35. The van der Waals surface area contributed by atoms with E-state index in [1.165, 1.54) is 29.8 Å². The highest BCUT2D eigenvalue weighted by Gasteiger charge is 2.26. The van der Waals surface area contributed by atoms with Gasteiger partial charge in [-0.3, -0.25) is 0 Å². The van der Waals surface area contributed by atoms with E-state index in [2.05, 4.69) is 36.5 Å². The fourth-order valence-electron chi connectivity index (χ4n) is 2.58. The second-order valence-electron chi connectivity index (χ2n) is 4.61. The van der Waals surface area contributed by atoms with Crippen LogP contribution in [0.3, 0.4) is 0 Å². The van der Waals surface area contributed by atoms with Crippen molar-refractivity contribution in [2.45, 2.75) is 37.1 Å². The maximum Gasteiger partial charge on any atom is 0.0480 e. The minimum Gasteiger partial charge on any atom is -0.381 e. The van der Waals surface area contributed by atoms with E-state index >= 15 is 0 Å². The fourth-order valence-corrected chi connectivity index (χ4v) is 3.34. The molecule has 3 N–H and O–H groups in total. The summed E-state index contributed by atoms with van der Waals surface area (Å²) in [5.74, 6) is 1.76. The predicted octanol–water partition coefficient (Wildman–Crippen LogP) is 3.34. The molecular weight excluding hydrogens is 228 g/mol. The number of benzene rings is 1. The largest absolute Gasteiger partial charge is 0.381 e. The van der Waals surface area contributed by atoms with Gasteiger partial charge in [0, 0.05) is 16.6 Å². The molecule has 1 fully saturated rings. The van der Waals surface area contributed by atoms with Gasteiger partial charge >= 0.3 is 0 Å². The van der Waals surface area contributed by atoms with Crippen molar-refractivity contribution in [2.75, 3.05) is 17.6 Å². The van der Waals surface area contributed by atoms with Gasteiger partial charge in [-0.1, -0.05) is 25.5 Å². The minimum absolute atomic E-state index is 0.568. The van der Waals surface area contributed by atoms with Crippen molar-refractivity contribution in [1.82, 2.24) is 0 Å². The quantitative estimate of drug-likeness (QED) is 0.787. The smallest absolute Gasteiger partial charge is 0.0480 e. The average Bonchev–Trinajstić information content (AvgIpc) is 2.79. The first-order valence-corrected chi connectivity index (χ1v) is 7.52. The predicted molar refractivity (Wildman–Crippen MR) is 76.6 cm³/mol. The summed E-state index contributed by atoms with van der Waals surface area (Å²) in [6, 6.07) is 9.16. The van der Waals surface area contributed by atoms with Gasteiger partial charge in [-0.25, -0.2) is 0 Å². The van der Waals surface area contributed by atoms with Crippen LogP contribution in [0, 0.1) is 5.92 Å². The third-order valence-corrected chi connectivity index (χ3v) is 4.45. The number of nitrogens with one attached hydrogen (secondary N) is 1. The highest BCUT2D eigenvalue weighted by Crippen LogP contribution is 2.32. The third kappa shape index (κ3) is 3.17. The molecule has 1 aliphatic carbocycles. The van der Waals surface area contributed by atoms with Gasteiger partial charge in [0.1, 0.15) is 0 Å². The molecule has 17 heavy (non-hydrogen) atoms. The lowest BCUT2D eigenvalue weighted by Gasteiger charge is -2.22. The molecule has 2 unspecified atom stereocenters. The van der Waals surface area contributed by atoms with Crippen molar-refractivity contribution in [3.05, 3.63) is 24.3 Å². The standard InChI is InChI=1S/C14H22N2S/c1-2-17-14-9-4-3-7-13(14)16-12-8-5-6-11(12)10-15/h3-4,7,9,11-12,16H,2,5-6,8,10,15H2,1H3. The van der Waals surface area contributed by atoms with Crippen LogP contribution in [-0.4, -0.2) is 18.3 Å². The Hall–Kier alpha value is -0.670. The maximum atomic E-state index is 5.83. The molecule has 0 amide bonds. The number of rotatable bonds is 5. The number of thioether (sulfide) groups is 1. The van der Waals surface area contributed by atoms with E-state index in [1.54, 1.807) is 0 Å². The zero-order chi connectivity index (χ0) is 12.1. The van der Waals surface area contributed by atoms with Crippen LogP contribution in [0.15, 0.2) is 29.2 Å². The Labute approximate surface area is 108 Å². The van der Waals surface area contributed by atoms with Gasteiger partial charge in [0.2, 0.25) is 0 Å². The molecule has 94 valence electrons. The number of para-hydroxylation sites is 1. The topological polar surface area (TPSA) is 38.0 Å². The van der Waals surface area contributed by atoms with Crippen LogP contribution < -0.4 is 11.1 Å². The molecule has 0 bridgehead atoms. The fraction of sp³-hybridized carbons (Fsp3) is 0.571. The summed E-state index contributed by atoms with van der Waals surface area (Å²) in [6.07, 6.45) is 3.84. The zero-order valence-corrected chi connectivity index (χ0v) is 11.3. The maximum absolute atomic E-state index is 5.83. The number of hydrogen-bond acceptors (Lipinski definition) is 3. The van der Waals surface area contributed by atoms with E-state index in [9.17, 15) is 0 Å². The van der Waals surface area contributed by atoms with E-state index in [0.29, 0.717) is 12.0 Å². The Morgan fingerprint density at radius 2 is 2.18 bits per heavy atom. The van der Waals surface area contributed by atoms with Gasteiger partial charge in [0.05, 0.1) is 0 Å². The third-order valence-electron chi connectivity index (χ3n) is 3.49. The Morgan fingerprint density at radius 1 is 1.35 bits per heavy atom. The van der Waals surface area contributed by atoms with Crippen LogP contribution in [0.4, 0.5) is 5.69 Å². The molecule has 0 spiro atoms. The zero-order valence-electron chi connectivity index (χ0n) is 10.5. The molecule has 0 radical (unpaired) electrons. The normalized spacial score (nSPS) is 23.9. The van der Waals surface area contributed by atoms with Crippen molar-refractivity contribution in [2.24, 2.45) is 11.7 Å². The summed E-state index contributed by atoms with van der Waals surface area (Å²) in [5.41, 5.74) is 7.11. The van der Waals surface area contributed by atoms with Crippen molar-refractivity contribution in [3.63, 3.8) is 0 Å². The Kier molecular flexibility index (Phi) is 4.75. The molecule has 0 aliphatic heterocycles. The van der Waals surface area contributed by atoms with E-state index < -0.39 is 0 Å². The molecule has 2 rings (SSSR count). The Balaban J connectivity index is 2.07. The molecule has 2 atom stereocenters. The van der Waals surface area contributed by atoms with E-state index in [1.807, 2.05) is 11.8 Å². The van der Waals surface area contributed by atoms with E-state index in [4.69, 9.17) is 5.73 Å². The van der Waals surface area contributed by atoms with E-state index in [-0.39, 0.29) is 0 Å². The number of anilines is 1. The van der Waals surface area contributed by atoms with Gasteiger partial charge in [0.25, 0.3) is 0 Å². The summed E-state index contributed by atoms with van der Waals surface area (Å²) in [4.78, 5) is 1.36. The van der Waals surface area contributed by atoms with E-state index in [0.717, 1.165) is 12.3 Å². The molecule has 1 aromatic rings. The molecule has 0 heterocycles. The monoisotopic (exact) mass is 250 g/mol. The number of nitrogens with two attached hydrogens (primary N) is 1. The Bertz CT molecular complexity index is 354. The first kappa shape index (κ1) is 12.8. The summed E-state index contributed by atoms with van der Waals surface area (Å²) in [5, 5.41) is 3.69. The van der Waals surface area contributed by atoms with Gasteiger partial charge in [0.15, 0.2) is 0 Å². The molecule has 0 saturated heterocycles. The second-order valence-corrected chi connectivity index (χ2v) is 5.91. The minimum atomic E-state index is 0.568. The van der Waals surface area contributed by atoms with Crippen LogP contribution in [0.1, 0.15) is 26.2 Å². The van der Waals surface area contributed by atoms with Crippen molar-refractivity contribution < 1.29 is 0 Å². The Morgan fingerprint density at radius 3 is 2.94 bits per heavy atom. The molecule has 1 aliphatic rings. The molecule has 0 aromatic heterocycles. The van der Waals surface area contributed by atoms with Crippen molar-refractivity contribution in [1.29, 1.82) is 0 Å². The van der Waals surface area contributed by atoms with Crippen LogP contribution >= 0.6 is 11.8 Å². The average molecular weight is 250 g/mol. The van der Waals surface area contributed by atoms with Crippen LogP contribution in [0.25, 0.3) is 0 Å². The van der Waals surface area contributed by atoms with Crippen LogP contribution in [-0.2, 0) is 0 Å². The second kappa shape index (κ2) is 6.31. The van der Waals surface area contributed by atoms with Gasteiger partial charge in [-0.15, -0.1) is 11.8 Å². The SMILES string of the molecule is CCSc1ccccc1NC1CCCC1CN. The molecule has 1 saturated carbocycles. The van der Waals surface area contributed by atoms with Crippen LogP contribution in [0.5, 0.6) is 0 Å². The highest BCUT2D eigenvalue weighted by molar-refractivity contribution is 7.99. The molecule has 3 heteroatoms. The lowest BCUT2D eigenvalue weighted by atomic mass is 10.0. The lowest BCUT2D eigenvalue weighted by Crippen LogP contribution is -2.29. The van der Waals surface area contributed by atoms with Gasteiger partial charge in [-0.05, 0) is 43.2 Å². The highest BCUT2D eigenvalue weighted by atomic mass is 32.2. The van der Waals surface area contributed by atoms with Gasteiger partial charge < -0.3 is 11.1 Å². The van der Waals surface area contributed by atoms with Crippen molar-refractivity contribution in [3.8, 4) is 0 Å². The van der Waals surface area contributed by atoms with Crippen molar-refractivity contribution >= 4 is 17.4 Å². The first-order valence-electron chi connectivity index (χ1n) is 6.53. The molecule has 1 aromatic carbocycles. The lowest BCUT2D eigenvalue weighted by molar-refractivity contribution is 0.516. The van der Waals surface area contributed by atoms with Crippen LogP contribution in [0.2, 0.25) is 0 Å².